The summed E-state index contributed by atoms with van der Waals surface area (Å²) < 4.78 is 0. The third-order valence-electron chi connectivity index (χ3n) is 3.23. The topological polar surface area (TPSA) is 82.5 Å². The SMILES string of the molecule is CC(C)CC(CNC(=O)c1ncccc1C(=O)O)N(C)C. The Balaban J connectivity index is 2.75. The van der Waals surface area contributed by atoms with Crippen molar-refractivity contribution in [1.82, 2.24) is 15.2 Å². The van der Waals surface area contributed by atoms with Crippen LogP contribution in [-0.4, -0.2) is 53.5 Å². The van der Waals surface area contributed by atoms with E-state index in [1.165, 1.54) is 18.3 Å². The van der Waals surface area contributed by atoms with E-state index in [1.54, 1.807) is 0 Å². The van der Waals surface area contributed by atoms with Gasteiger partial charge >= 0.3 is 5.97 Å². The van der Waals surface area contributed by atoms with Gasteiger partial charge in [0, 0.05) is 18.8 Å². The van der Waals surface area contributed by atoms with E-state index < -0.39 is 11.9 Å². The minimum atomic E-state index is -1.15. The molecule has 0 aliphatic rings. The van der Waals surface area contributed by atoms with Gasteiger partial charge in [-0.2, -0.15) is 0 Å². The zero-order chi connectivity index (χ0) is 16.0. The van der Waals surface area contributed by atoms with Crippen LogP contribution in [0.25, 0.3) is 0 Å². The van der Waals surface area contributed by atoms with Gasteiger partial charge < -0.3 is 15.3 Å². The minimum absolute atomic E-state index is 0.0490. The highest BCUT2D eigenvalue weighted by Gasteiger charge is 2.19. The number of nitrogens with zero attached hydrogens (tertiary/aromatic N) is 2. The Morgan fingerprint density at radius 3 is 2.57 bits per heavy atom. The van der Waals surface area contributed by atoms with Crippen molar-refractivity contribution >= 4 is 11.9 Å². The Bertz CT molecular complexity index is 501. The second-order valence-electron chi connectivity index (χ2n) is 5.66. The fraction of sp³-hybridized carbons (Fsp3) is 0.533. The number of likely N-dealkylation sites (N-methyl/N-ethyl adjacent to an activating group) is 1. The number of amides is 1. The normalized spacial score (nSPS) is 12.5. The molecule has 1 aromatic heterocycles. The van der Waals surface area contributed by atoms with Crippen molar-refractivity contribution in [2.75, 3.05) is 20.6 Å². The number of aromatic carboxylic acids is 1. The molecule has 1 amide bonds. The second kappa shape index (κ2) is 7.73. The molecule has 1 heterocycles. The van der Waals surface area contributed by atoms with Crippen molar-refractivity contribution < 1.29 is 14.7 Å². The summed E-state index contributed by atoms with van der Waals surface area (Å²) in [6.45, 7) is 4.71. The Morgan fingerprint density at radius 2 is 2.05 bits per heavy atom. The molecule has 6 heteroatoms. The molecule has 6 nitrogen and oxygen atoms in total. The van der Waals surface area contributed by atoms with E-state index >= 15 is 0 Å². The smallest absolute Gasteiger partial charge is 0.338 e. The lowest BCUT2D eigenvalue weighted by atomic mass is 10.0. The summed E-state index contributed by atoms with van der Waals surface area (Å²) in [7, 11) is 3.92. The molecule has 0 saturated carbocycles. The first-order valence-electron chi connectivity index (χ1n) is 6.95. The van der Waals surface area contributed by atoms with Crippen LogP contribution in [0.5, 0.6) is 0 Å². The molecule has 0 bridgehead atoms. The van der Waals surface area contributed by atoms with Gasteiger partial charge in [-0.05, 0) is 38.6 Å². The standard InChI is InChI=1S/C15H23N3O3/c1-10(2)8-11(18(3)4)9-17-14(19)13-12(15(20)21)6-5-7-16-13/h5-7,10-11H,8-9H2,1-4H3,(H,17,19)(H,20,21). The minimum Gasteiger partial charge on any atom is -0.478 e. The van der Waals surface area contributed by atoms with E-state index in [2.05, 4.69) is 29.0 Å². The number of nitrogens with one attached hydrogen (secondary N) is 1. The lowest BCUT2D eigenvalue weighted by Gasteiger charge is -2.26. The van der Waals surface area contributed by atoms with Crippen LogP contribution >= 0.6 is 0 Å². The second-order valence-corrected chi connectivity index (χ2v) is 5.66. The van der Waals surface area contributed by atoms with Gasteiger partial charge in [-0.15, -0.1) is 0 Å². The number of aromatic nitrogens is 1. The Labute approximate surface area is 125 Å². The number of carboxylic acids is 1. The largest absolute Gasteiger partial charge is 0.478 e. The zero-order valence-electron chi connectivity index (χ0n) is 13.0. The molecule has 1 aromatic rings. The summed E-state index contributed by atoms with van der Waals surface area (Å²) in [5.41, 5.74) is -0.132. The molecule has 0 spiro atoms. The quantitative estimate of drug-likeness (QED) is 0.796. The molecular weight excluding hydrogens is 270 g/mol. The van der Waals surface area contributed by atoms with Gasteiger partial charge in [-0.3, -0.25) is 9.78 Å². The number of carbonyl (C=O) groups excluding carboxylic acids is 1. The average Bonchev–Trinajstić information content (AvgIpc) is 2.42. The van der Waals surface area contributed by atoms with Crippen LogP contribution in [0.3, 0.4) is 0 Å². The van der Waals surface area contributed by atoms with Crippen LogP contribution < -0.4 is 5.32 Å². The molecule has 21 heavy (non-hydrogen) atoms. The number of carboxylic acid groups (broad SMARTS) is 1. The highest BCUT2D eigenvalue weighted by atomic mass is 16.4. The van der Waals surface area contributed by atoms with E-state index in [0.29, 0.717) is 12.5 Å². The molecule has 1 unspecified atom stereocenters. The van der Waals surface area contributed by atoms with E-state index in [4.69, 9.17) is 5.11 Å². The molecule has 0 fully saturated rings. The average molecular weight is 293 g/mol. The first-order chi connectivity index (χ1) is 9.82. The zero-order valence-corrected chi connectivity index (χ0v) is 13.0. The predicted molar refractivity (Wildman–Crippen MR) is 80.5 cm³/mol. The Hall–Kier alpha value is -1.95. The van der Waals surface area contributed by atoms with Crippen LogP contribution in [0.4, 0.5) is 0 Å². The third kappa shape index (κ3) is 5.15. The predicted octanol–water partition coefficient (Wildman–Crippen LogP) is 1.49. The first-order valence-corrected chi connectivity index (χ1v) is 6.95. The maximum absolute atomic E-state index is 12.1. The highest BCUT2D eigenvalue weighted by molar-refractivity contribution is 6.03. The number of hydrogen-bond acceptors (Lipinski definition) is 4. The molecular formula is C15H23N3O3. The number of rotatable bonds is 7. The summed E-state index contributed by atoms with van der Waals surface area (Å²) in [5.74, 6) is -1.10. The van der Waals surface area contributed by atoms with E-state index in [-0.39, 0.29) is 17.3 Å². The van der Waals surface area contributed by atoms with Gasteiger partial charge in [0.15, 0.2) is 0 Å². The number of carbonyl (C=O) groups is 2. The molecule has 1 rings (SSSR count). The third-order valence-corrected chi connectivity index (χ3v) is 3.23. The highest BCUT2D eigenvalue weighted by Crippen LogP contribution is 2.09. The molecule has 0 aliphatic heterocycles. The summed E-state index contributed by atoms with van der Waals surface area (Å²) >= 11 is 0. The van der Waals surface area contributed by atoms with Gasteiger partial charge in [0.2, 0.25) is 0 Å². The van der Waals surface area contributed by atoms with Crippen LogP contribution in [0.2, 0.25) is 0 Å². The van der Waals surface area contributed by atoms with E-state index in [0.717, 1.165) is 6.42 Å². The van der Waals surface area contributed by atoms with Crippen LogP contribution in [0.15, 0.2) is 18.3 Å². The monoisotopic (exact) mass is 293 g/mol. The molecule has 0 aromatic carbocycles. The summed E-state index contributed by atoms with van der Waals surface area (Å²) in [6.07, 6.45) is 2.36. The maximum atomic E-state index is 12.1. The molecule has 1 atom stereocenters. The maximum Gasteiger partial charge on any atom is 0.338 e. The van der Waals surface area contributed by atoms with E-state index in [1.807, 2.05) is 14.1 Å². The van der Waals surface area contributed by atoms with Crippen molar-refractivity contribution in [2.45, 2.75) is 26.3 Å². The van der Waals surface area contributed by atoms with Crippen molar-refractivity contribution in [1.29, 1.82) is 0 Å². The van der Waals surface area contributed by atoms with Gasteiger partial charge in [-0.25, -0.2) is 4.79 Å². The van der Waals surface area contributed by atoms with Crippen molar-refractivity contribution in [3.63, 3.8) is 0 Å². The van der Waals surface area contributed by atoms with Gasteiger partial charge in [0.05, 0.1) is 5.56 Å². The summed E-state index contributed by atoms with van der Waals surface area (Å²) in [4.78, 5) is 29.1. The Morgan fingerprint density at radius 1 is 1.38 bits per heavy atom. The lowest BCUT2D eigenvalue weighted by molar-refractivity contribution is 0.0689. The van der Waals surface area contributed by atoms with Gasteiger partial charge in [0.1, 0.15) is 5.69 Å². The fourth-order valence-electron chi connectivity index (χ4n) is 2.07. The van der Waals surface area contributed by atoms with Crippen LogP contribution in [0.1, 0.15) is 41.1 Å². The molecule has 2 N–H and O–H groups in total. The first kappa shape index (κ1) is 17.1. The molecule has 0 aliphatic carbocycles. The Kier molecular flexibility index (Phi) is 6.30. The van der Waals surface area contributed by atoms with E-state index in [9.17, 15) is 9.59 Å². The molecule has 0 radical (unpaired) electrons. The fourth-order valence-corrected chi connectivity index (χ4v) is 2.07. The molecule has 0 saturated heterocycles. The number of pyridine rings is 1. The molecule has 116 valence electrons. The number of hydrogen-bond donors (Lipinski definition) is 2. The van der Waals surface area contributed by atoms with Crippen molar-refractivity contribution in [3.8, 4) is 0 Å². The lowest BCUT2D eigenvalue weighted by Crippen LogP contribution is -2.41. The summed E-state index contributed by atoms with van der Waals surface area (Å²) in [5, 5.41) is 11.8. The van der Waals surface area contributed by atoms with Gasteiger partial charge in [0.25, 0.3) is 5.91 Å². The van der Waals surface area contributed by atoms with Crippen LogP contribution in [0, 0.1) is 5.92 Å². The van der Waals surface area contributed by atoms with Crippen molar-refractivity contribution in [3.05, 3.63) is 29.6 Å². The van der Waals surface area contributed by atoms with Crippen LogP contribution in [-0.2, 0) is 0 Å². The van der Waals surface area contributed by atoms with Crippen molar-refractivity contribution in [2.24, 2.45) is 5.92 Å². The van der Waals surface area contributed by atoms with Gasteiger partial charge in [-0.1, -0.05) is 13.8 Å². The summed E-state index contributed by atoms with van der Waals surface area (Å²) in [6, 6.07) is 3.08.